The molecular formula is C19H26N4O3. The molecule has 7 heteroatoms. The Bertz CT molecular complexity index is 764. The summed E-state index contributed by atoms with van der Waals surface area (Å²) in [6.45, 7) is 8.89. The van der Waals surface area contributed by atoms with Crippen LogP contribution in [0.25, 0.3) is 0 Å². The quantitative estimate of drug-likeness (QED) is 0.797. The van der Waals surface area contributed by atoms with Crippen molar-refractivity contribution in [3.8, 4) is 0 Å². The van der Waals surface area contributed by atoms with Gasteiger partial charge in [-0.05, 0) is 30.4 Å². The highest BCUT2D eigenvalue weighted by Gasteiger charge is 2.27. The second kappa shape index (κ2) is 7.86. The van der Waals surface area contributed by atoms with Crippen molar-refractivity contribution >= 4 is 11.8 Å². The van der Waals surface area contributed by atoms with Crippen LogP contribution in [0.5, 0.6) is 0 Å². The summed E-state index contributed by atoms with van der Waals surface area (Å²) in [4.78, 5) is 18.7. The number of hydrogen-bond acceptors (Lipinski definition) is 6. The summed E-state index contributed by atoms with van der Waals surface area (Å²) in [7, 11) is 0. The number of carbonyl (C=O) groups is 1. The van der Waals surface area contributed by atoms with E-state index < -0.39 is 0 Å². The van der Waals surface area contributed by atoms with Gasteiger partial charge in [0.2, 0.25) is 0 Å². The normalized spacial score (nSPS) is 19.8. The number of ether oxygens (including phenoxy) is 1. The Morgan fingerprint density at radius 1 is 1.31 bits per heavy atom. The van der Waals surface area contributed by atoms with Crippen LogP contribution in [0.3, 0.4) is 0 Å². The predicted molar refractivity (Wildman–Crippen MR) is 98.0 cm³/mol. The van der Waals surface area contributed by atoms with Gasteiger partial charge in [0, 0.05) is 19.3 Å². The number of aliphatic hydroxyl groups is 1. The van der Waals surface area contributed by atoms with Crippen molar-refractivity contribution in [3.63, 3.8) is 0 Å². The molecule has 1 saturated heterocycles. The number of nitrogens with zero attached hydrogens (tertiary/aromatic N) is 4. The lowest BCUT2D eigenvalue weighted by molar-refractivity contribution is 0.0526. The molecule has 2 aromatic heterocycles. The lowest BCUT2D eigenvalue weighted by Crippen LogP contribution is -2.21. The minimum absolute atomic E-state index is 0.131. The highest BCUT2D eigenvalue weighted by molar-refractivity contribution is 5.88. The monoisotopic (exact) mass is 358 g/mol. The number of carbonyl (C=O) groups excluding carboxylic acids is 1. The van der Waals surface area contributed by atoms with E-state index in [1.54, 1.807) is 17.8 Å². The first-order valence-electron chi connectivity index (χ1n) is 9.06. The topological polar surface area (TPSA) is 80.5 Å². The zero-order valence-corrected chi connectivity index (χ0v) is 15.6. The summed E-state index contributed by atoms with van der Waals surface area (Å²) in [5.74, 6) is 1.80. The highest BCUT2D eigenvalue weighted by atomic mass is 16.5. The largest absolute Gasteiger partial charge is 0.462 e. The number of rotatable bonds is 6. The Balaban J connectivity index is 1.75. The molecule has 26 heavy (non-hydrogen) atoms. The van der Waals surface area contributed by atoms with Crippen molar-refractivity contribution in [3.05, 3.63) is 41.3 Å². The molecule has 1 aliphatic rings. The summed E-state index contributed by atoms with van der Waals surface area (Å²) >= 11 is 0. The number of aliphatic hydroxyl groups excluding tert-OH is 1. The van der Waals surface area contributed by atoms with Crippen LogP contribution in [0, 0.1) is 11.8 Å². The van der Waals surface area contributed by atoms with Gasteiger partial charge in [0.15, 0.2) is 0 Å². The number of pyridine rings is 1. The molecule has 3 heterocycles. The first-order valence-corrected chi connectivity index (χ1v) is 9.06. The molecule has 1 fully saturated rings. The van der Waals surface area contributed by atoms with Gasteiger partial charge in [-0.15, -0.1) is 0 Å². The molecule has 0 aromatic carbocycles. The molecule has 0 bridgehead atoms. The zero-order chi connectivity index (χ0) is 18.7. The summed E-state index contributed by atoms with van der Waals surface area (Å²) in [5, 5.41) is 14.0. The Morgan fingerprint density at radius 3 is 2.69 bits per heavy atom. The van der Waals surface area contributed by atoms with E-state index in [0.717, 1.165) is 24.5 Å². The lowest BCUT2D eigenvalue weighted by Gasteiger charge is -2.19. The van der Waals surface area contributed by atoms with E-state index in [4.69, 9.17) is 4.74 Å². The van der Waals surface area contributed by atoms with Gasteiger partial charge in [0.25, 0.3) is 0 Å². The van der Waals surface area contributed by atoms with E-state index in [1.807, 2.05) is 12.1 Å². The molecule has 0 spiro atoms. The molecule has 0 radical (unpaired) electrons. The van der Waals surface area contributed by atoms with Gasteiger partial charge >= 0.3 is 5.97 Å². The zero-order valence-electron chi connectivity index (χ0n) is 15.6. The van der Waals surface area contributed by atoms with Gasteiger partial charge in [0.05, 0.1) is 37.2 Å². The molecule has 0 aliphatic carbocycles. The summed E-state index contributed by atoms with van der Waals surface area (Å²) in [6, 6.07) is 3.97. The molecule has 2 aromatic rings. The van der Waals surface area contributed by atoms with E-state index in [2.05, 4.69) is 28.8 Å². The van der Waals surface area contributed by atoms with Crippen molar-refractivity contribution < 1.29 is 14.6 Å². The minimum atomic E-state index is -0.383. The fourth-order valence-corrected chi connectivity index (χ4v) is 3.24. The smallest absolute Gasteiger partial charge is 0.341 e. The van der Waals surface area contributed by atoms with Crippen LogP contribution in [0.1, 0.15) is 42.4 Å². The molecule has 1 aliphatic heterocycles. The summed E-state index contributed by atoms with van der Waals surface area (Å²) in [6.07, 6.45) is 3.14. The Hall–Kier alpha value is -2.41. The maximum absolute atomic E-state index is 11.7. The standard InChI is InChI=1S/C19H26N4O3/c1-4-26-19(25)16-7-20-23(11-16)10-15-5-6-18(21-17(15)12-24)22-8-13(2)14(3)9-22/h5-7,11,13-14,24H,4,8-10,12H2,1-3H3. The summed E-state index contributed by atoms with van der Waals surface area (Å²) < 4.78 is 6.63. The van der Waals surface area contributed by atoms with Crippen molar-refractivity contribution in [2.75, 3.05) is 24.6 Å². The van der Waals surface area contributed by atoms with Gasteiger partial charge in [-0.25, -0.2) is 9.78 Å². The first-order chi connectivity index (χ1) is 12.5. The van der Waals surface area contributed by atoms with Crippen LogP contribution in [-0.4, -0.2) is 45.5 Å². The number of anilines is 1. The third-order valence-electron chi connectivity index (χ3n) is 4.99. The molecular weight excluding hydrogens is 332 g/mol. The second-order valence-corrected chi connectivity index (χ2v) is 6.94. The van der Waals surface area contributed by atoms with E-state index in [1.165, 1.54) is 6.20 Å². The molecule has 140 valence electrons. The average Bonchev–Trinajstić information content (AvgIpc) is 3.22. The van der Waals surface area contributed by atoms with Gasteiger partial charge < -0.3 is 14.7 Å². The lowest BCUT2D eigenvalue weighted by atomic mass is 10.0. The van der Waals surface area contributed by atoms with Gasteiger partial charge in [0.1, 0.15) is 5.82 Å². The molecule has 2 atom stereocenters. The number of hydrogen-bond donors (Lipinski definition) is 1. The van der Waals surface area contributed by atoms with Crippen molar-refractivity contribution in [2.45, 2.75) is 33.9 Å². The predicted octanol–water partition coefficient (Wildman–Crippen LogP) is 2.09. The third kappa shape index (κ3) is 3.88. The van der Waals surface area contributed by atoms with Crippen molar-refractivity contribution in [1.82, 2.24) is 14.8 Å². The molecule has 0 amide bonds. The van der Waals surface area contributed by atoms with Crippen LogP contribution in [-0.2, 0) is 17.9 Å². The third-order valence-corrected chi connectivity index (χ3v) is 4.99. The van der Waals surface area contributed by atoms with Crippen LogP contribution in [0.4, 0.5) is 5.82 Å². The van der Waals surface area contributed by atoms with Gasteiger partial charge in [-0.3, -0.25) is 4.68 Å². The molecule has 0 saturated carbocycles. The van der Waals surface area contributed by atoms with Gasteiger partial charge in [-0.1, -0.05) is 19.9 Å². The fourth-order valence-electron chi connectivity index (χ4n) is 3.24. The molecule has 3 rings (SSSR count). The van der Waals surface area contributed by atoms with E-state index in [9.17, 15) is 9.90 Å². The molecule has 1 N–H and O–H groups in total. The van der Waals surface area contributed by atoms with Crippen LogP contribution in [0.2, 0.25) is 0 Å². The Labute approximate surface area is 153 Å². The minimum Gasteiger partial charge on any atom is -0.462 e. The second-order valence-electron chi connectivity index (χ2n) is 6.94. The van der Waals surface area contributed by atoms with Crippen molar-refractivity contribution in [2.24, 2.45) is 11.8 Å². The maximum Gasteiger partial charge on any atom is 0.341 e. The molecule has 2 unspecified atom stereocenters. The maximum atomic E-state index is 11.7. The fraction of sp³-hybridized carbons (Fsp3) is 0.526. The van der Waals surface area contributed by atoms with E-state index >= 15 is 0 Å². The first kappa shape index (κ1) is 18.4. The summed E-state index contributed by atoms with van der Waals surface area (Å²) in [5.41, 5.74) is 1.94. The van der Waals surface area contributed by atoms with Gasteiger partial charge in [-0.2, -0.15) is 5.10 Å². The SMILES string of the molecule is CCOC(=O)c1cnn(Cc2ccc(N3CC(C)C(C)C3)nc2CO)c1. The van der Waals surface area contributed by atoms with E-state index in [-0.39, 0.29) is 12.6 Å². The average molecular weight is 358 g/mol. The van der Waals surface area contributed by atoms with Crippen LogP contribution >= 0.6 is 0 Å². The van der Waals surface area contributed by atoms with Crippen LogP contribution < -0.4 is 4.90 Å². The van der Waals surface area contributed by atoms with Crippen LogP contribution in [0.15, 0.2) is 24.5 Å². The Morgan fingerprint density at radius 2 is 2.04 bits per heavy atom. The van der Waals surface area contributed by atoms with Crippen molar-refractivity contribution in [1.29, 1.82) is 0 Å². The van der Waals surface area contributed by atoms with E-state index in [0.29, 0.717) is 36.2 Å². The Kier molecular flexibility index (Phi) is 5.56. The number of aromatic nitrogens is 3. The highest BCUT2D eigenvalue weighted by Crippen LogP contribution is 2.27. The number of esters is 1. The molecule has 7 nitrogen and oxygen atoms in total.